The van der Waals surface area contributed by atoms with Gasteiger partial charge in [-0.1, -0.05) is 36.7 Å². The minimum Gasteiger partial charge on any atom is -0.320 e. The van der Waals surface area contributed by atoms with Crippen LogP contribution < -0.4 is 4.90 Å². The van der Waals surface area contributed by atoms with Crippen molar-refractivity contribution in [3.8, 4) is 0 Å². The van der Waals surface area contributed by atoms with E-state index in [-0.39, 0.29) is 0 Å². The Labute approximate surface area is 112 Å². The molecule has 0 fully saturated rings. The SMILES string of the molecule is CCCCN(/C(=N/C)SC)c1ccc(Cl)nc1. The van der Waals surface area contributed by atoms with Gasteiger partial charge in [-0.05, 0) is 24.8 Å². The number of aliphatic imine (C=N–C) groups is 1. The van der Waals surface area contributed by atoms with Crippen LogP contribution in [0.5, 0.6) is 0 Å². The van der Waals surface area contributed by atoms with Gasteiger partial charge < -0.3 is 4.90 Å². The van der Waals surface area contributed by atoms with Gasteiger partial charge in [0.25, 0.3) is 0 Å². The van der Waals surface area contributed by atoms with Crippen LogP contribution in [0.1, 0.15) is 19.8 Å². The van der Waals surface area contributed by atoms with E-state index in [1.165, 1.54) is 0 Å². The minimum atomic E-state index is 0.517. The Morgan fingerprint density at radius 1 is 1.53 bits per heavy atom. The smallest absolute Gasteiger partial charge is 0.163 e. The highest BCUT2D eigenvalue weighted by Crippen LogP contribution is 2.19. The zero-order chi connectivity index (χ0) is 12.7. The molecule has 0 amide bonds. The van der Waals surface area contributed by atoms with Gasteiger partial charge >= 0.3 is 0 Å². The number of pyridine rings is 1. The standard InChI is InChI=1S/C12H18ClN3S/c1-4-5-8-16(12(14-2)17-3)10-6-7-11(13)15-9-10/h6-7,9H,4-5,8H2,1-3H3/b14-12-. The van der Waals surface area contributed by atoms with Gasteiger partial charge in [-0.2, -0.15) is 0 Å². The normalized spacial score (nSPS) is 11.6. The molecule has 1 aromatic rings. The lowest BCUT2D eigenvalue weighted by atomic mass is 10.3. The Hall–Kier alpha value is -0.740. The van der Waals surface area contributed by atoms with Crippen LogP contribution in [0, 0.1) is 0 Å². The van der Waals surface area contributed by atoms with Crippen molar-refractivity contribution in [1.29, 1.82) is 0 Å². The summed E-state index contributed by atoms with van der Waals surface area (Å²) in [5.41, 5.74) is 1.04. The zero-order valence-electron chi connectivity index (χ0n) is 10.5. The highest BCUT2D eigenvalue weighted by Gasteiger charge is 2.12. The summed E-state index contributed by atoms with van der Waals surface area (Å²) in [4.78, 5) is 10.6. The maximum absolute atomic E-state index is 5.80. The quantitative estimate of drug-likeness (QED) is 0.475. The zero-order valence-corrected chi connectivity index (χ0v) is 12.1. The molecule has 0 aliphatic heterocycles. The third-order valence-corrected chi connectivity index (χ3v) is 3.36. The van der Waals surface area contributed by atoms with Gasteiger partial charge in [0, 0.05) is 13.6 Å². The number of anilines is 1. The van der Waals surface area contributed by atoms with Crippen molar-refractivity contribution >= 4 is 34.2 Å². The first-order valence-electron chi connectivity index (χ1n) is 5.62. The van der Waals surface area contributed by atoms with Gasteiger partial charge in [-0.15, -0.1) is 0 Å². The number of hydrogen-bond acceptors (Lipinski definition) is 3. The first-order valence-corrected chi connectivity index (χ1v) is 7.23. The molecule has 0 unspecified atom stereocenters. The van der Waals surface area contributed by atoms with Crippen molar-refractivity contribution in [2.45, 2.75) is 19.8 Å². The van der Waals surface area contributed by atoms with Gasteiger partial charge in [-0.25, -0.2) is 4.98 Å². The highest BCUT2D eigenvalue weighted by atomic mass is 35.5. The topological polar surface area (TPSA) is 28.5 Å². The summed E-state index contributed by atoms with van der Waals surface area (Å²) in [6.45, 7) is 3.13. The average molecular weight is 272 g/mol. The summed E-state index contributed by atoms with van der Waals surface area (Å²) < 4.78 is 0. The summed E-state index contributed by atoms with van der Waals surface area (Å²) in [6, 6.07) is 3.79. The van der Waals surface area contributed by atoms with Crippen LogP contribution in [-0.2, 0) is 0 Å². The van der Waals surface area contributed by atoms with E-state index in [2.05, 4.69) is 21.8 Å². The molecule has 0 aliphatic rings. The second-order valence-corrected chi connectivity index (χ2v) is 4.72. The number of halogens is 1. The van der Waals surface area contributed by atoms with E-state index in [4.69, 9.17) is 11.6 Å². The van der Waals surface area contributed by atoms with Gasteiger partial charge in [0.05, 0.1) is 11.9 Å². The van der Waals surface area contributed by atoms with Crippen LogP contribution in [0.3, 0.4) is 0 Å². The number of unbranched alkanes of at least 4 members (excludes halogenated alkanes) is 1. The molecular formula is C12H18ClN3S. The third kappa shape index (κ3) is 4.21. The van der Waals surface area contributed by atoms with Crippen molar-refractivity contribution in [1.82, 2.24) is 4.98 Å². The second-order valence-electron chi connectivity index (χ2n) is 3.55. The molecule has 0 radical (unpaired) electrons. The average Bonchev–Trinajstić information content (AvgIpc) is 2.36. The molecule has 0 aromatic carbocycles. The molecule has 0 saturated carbocycles. The Morgan fingerprint density at radius 2 is 2.29 bits per heavy atom. The fourth-order valence-corrected chi connectivity index (χ4v) is 2.21. The van der Waals surface area contributed by atoms with Gasteiger partial charge in [0.2, 0.25) is 0 Å². The Kier molecular flexibility index (Phi) is 6.37. The maximum Gasteiger partial charge on any atom is 0.163 e. The molecular weight excluding hydrogens is 254 g/mol. The lowest BCUT2D eigenvalue weighted by Gasteiger charge is -2.24. The fourth-order valence-electron chi connectivity index (χ4n) is 1.50. The van der Waals surface area contributed by atoms with Crippen LogP contribution in [-0.4, -0.2) is 30.0 Å². The van der Waals surface area contributed by atoms with Crippen molar-refractivity contribution in [2.75, 3.05) is 24.7 Å². The molecule has 0 bridgehead atoms. The van der Waals surface area contributed by atoms with E-state index < -0.39 is 0 Å². The van der Waals surface area contributed by atoms with Crippen LogP contribution in [0.4, 0.5) is 5.69 Å². The van der Waals surface area contributed by atoms with Crippen molar-refractivity contribution in [3.05, 3.63) is 23.5 Å². The van der Waals surface area contributed by atoms with Crippen LogP contribution >= 0.6 is 23.4 Å². The van der Waals surface area contributed by atoms with E-state index >= 15 is 0 Å². The summed E-state index contributed by atoms with van der Waals surface area (Å²) in [6.07, 6.45) is 6.11. The molecule has 0 atom stereocenters. The van der Waals surface area contributed by atoms with Crippen LogP contribution in [0.25, 0.3) is 0 Å². The number of amidine groups is 1. The molecule has 0 saturated heterocycles. The summed E-state index contributed by atoms with van der Waals surface area (Å²) in [7, 11) is 1.81. The van der Waals surface area contributed by atoms with E-state index in [9.17, 15) is 0 Å². The van der Waals surface area contributed by atoms with E-state index in [0.29, 0.717) is 5.15 Å². The number of aromatic nitrogens is 1. The summed E-state index contributed by atoms with van der Waals surface area (Å²) >= 11 is 7.45. The molecule has 1 rings (SSSR count). The molecule has 0 aliphatic carbocycles. The van der Waals surface area contributed by atoms with Gasteiger partial charge in [0.1, 0.15) is 5.15 Å². The Balaban J connectivity index is 2.92. The number of thioether (sulfide) groups is 1. The van der Waals surface area contributed by atoms with Crippen molar-refractivity contribution in [3.63, 3.8) is 0 Å². The minimum absolute atomic E-state index is 0.517. The lowest BCUT2D eigenvalue weighted by Crippen LogP contribution is -2.29. The number of rotatable bonds is 4. The second kappa shape index (κ2) is 7.56. The Morgan fingerprint density at radius 3 is 2.76 bits per heavy atom. The molecule has 0 N–H and O–H groups in total. The highest BCUT2D eigenvalue weighted by molar-refractivity contribution is 8.13. The Bertz CT molecular complexity index is 365. The third-order valence-electron chi connectivity index (χ3n) is 2.36. The lowest BCUT2D eigenvalue weighted by molar-refractivity contribution is 0.796. The molecule has 0 spiro atoms. The van der Waals surface area contributed by atoms with E-state index in [0.717, 1.165) is 30.2 Å². The molecule has 1 heterocycles. The first-order chi connectivity index (χ1) is 8.22. The fraction of sp³-hybridized carbons (Fsp3) is 0.500. The number of nitrogens with zero attached hydrogens (tertiary/aromatic N) is 3. The van der Waals surface area contributed by atoms with Gasteiger partial charge in [-0.3, -0.25) is 4.99 Å². The van der Waals surface area contributed by atoms with Crippen molar-refractivity contribution in [2.24, 2.45) is 4.99 Å². The summed E-state index contributed by atoms with van der Waals surface area (Å²) in [5.74, 6) is 0. The largest absolute Gasteiger partial charge is 0.320 e. The number of hydrogen-bond donors (Lipinski definition) is 0. The van der Waals surface area contributed by atoms with Gasteiger partial charge in [0.15, 0.2) is 5.17 Å². The summed E-state index contributed by atoms with van der Waals surface area (Å²) in [5, 5.41) is 1.52. The predicted molar refractivity (Wildman–Crippen MR) is 78.4 cm³/mol. The molecule has 17 heavy (non-hydrogen) atoms. The molecule has 5 heteroatoms. The van der Waals surface area contributed by atoms with Crippen molar-refractivity contribution < 1.29 is 0 Å². The molecule has 3 nitrogen and oxygen atoms in total. The van der Waals surface area contributed by atoms with E-state index in [1.807, 2.05) is 25.4 Å². The van der Waals surface area contributed by atoms with Crippen LogP contribution in [0.2, 0.25) is 5.15 Å². The van der Waals surface area contributed by atoms with E-state index in [1.54, 1.807) is 18.0 Å². The molecule has 94 valence electrons. The predicted octanol–water partition coefficient (Wildman–Crippen LogP) is 3.69. The molecule has 1 aromatic heterocycles. The van der Waals surface area contributed by atoms with Crippen LogP contribution in [0.15, 0.2) is 23.3 Å². The monoisotopic (exact) mass is 271 g/mol. The maximum atomic E-state index is 5.80. The first kappa shape index (κ1) is 14.3.